The zero-order chi connectivity index (χ0) is 10.7. The second-order valence-corrected chi connectivity index (χ2v) is 3.56. The molecule has 3 nitrogen and oxygen atoms in total. The van der Waals surface area contributed by atoms with Crippen LogP contribution in [0, 0.1) is 6.92 Å². The molecule has 0 aromatic carbocycles. The van der Waals surface area contributed by atoms with Gasteiger partial charge in [-0.25, -0.2) is 0 Å². The fraction of sp³-hybridized carbons (Fsp3) is 0.250. The summed E-state index contributed by atoms with van der Waals surface area (Å²) in [7, 11) is 0. The van der Waals surface area contributed by atoms with Crippen molar-refractivity contribution >= 4 is 0 Å². The monoisotopic (exact) mass is 203 g/mol. The summed E-state index contributed by atoms with van der Waals surface area (Å²) in [5.41, 5.74) is 1.98. The molecule has 0 aliphatic heterocycles. The SMILES string of the molecule is Cc1ccc(CC(O)c2ccco2)nc1. The lowest BCUT2D eigenvalue weighted by atomic mass is 10.1. The van der Waals surface area contributed by atoms with Crippen molar-refractivity contribution in [2.45, 2.75) is 19.4 Å². The van der Waals surface area contributed by atoms with Crippen molar-refractivity contribution in [1.29, 1.82) is 0 Å². The van der Waals surface area contributed by atoms with E-state index in [9.17, 15) is 5.11 Å². The molecule has 0 bridgehead atoms. The first-order valence-electron chi connectivity index (χ1n) is 4.89. The minimum Gasteiger partial charge on any atom is -0.467 e. The zero-order valence-electron chi connectivity index (χ0n) is 8.55. The number of rotatable bonds is 3. The average molecular weight is 203 g/mol. The van der Waals surface area contributed by atoms with E-state index in [0.717, 1.165) is 11.3 Å². The Bertz CT molecular complexity index is 406. The molecule has 2 aromatic heterocycles. The van der Waals surface area contributed by atoms with Crippen LogP contribution in [0.3, 0.4) is 0 Å². The van der Waals surface area contributed by atoms with Gasteiger partial charge >= 0.3 is 0 Å². The van der Waals surface area contributed by atoms with Crippen molar-refractivity contribution in [2.75, 3.05) is 0 Å². The van der Waals surface area contributed by atoms with E-state index >= 15 is 0 Å². The predicted octanol–water partition coefficient (Wildman–Crippen LogP) is 2.26. The number of hydrogen-bond donors (Lipinski definition) is 1. The summed E-state index contributed by atoms with van der Waals surface area (Å²) in [5, 5.41) is 9.80. The second kappa shape index (κ2) is 4.28. The Kier molecular flexibility index (Phi) is 2.83. The van der Waals surface area contributed by atoms with E-state index in [1.807, 2.05) is 19.1 Å². The van der Waals surface area contributed by atoms with Gasteiger partial charge in [0.2, 0.25) is 0 Å². The van der Waals surface area contributed by atoms with Gasteiger partial charge in [-0.3, -0.25) is 4.98 Å². The van der Waals surface area contributed by atoms with Crippen molar-refractivity contribution in [3.05, 3.63) is 53.7 Å². The molecular weight excluding hydrogens is 190 g/mol. The van der Waals surface area contributed by atoms with E-state index in [-0.39, 0.29) is 0 Å². The molecule has 0 saturated carbocycles. The Labute approximate surface area is 88.4 Å². The lowest BCUT2D eigenvalue weighted by Gasteiger charge is -2.06. The topological polar surface area (TPSA) is 46.3 Å². The van der Waals surface area contributed by atoms with Crippen LogP contribution in [-0.2, 0) is 6.42 Å². The largest absolute Gasteiger partial charge is 0.467 e. The number of aliphatic hydroxyl groups is 1. The van der Waals surface area contributed by atoms with E-state index in [4.69, 9.17) is 4.42 Å². The Hall–Kier alpha value is -1.61. The van der Waals surface area contributed by atoms with Crippen LogP contribution < -0.4 is 0 Å². The number of aryl methyl sites for hydroxylation is 1. The maximum absolute atomic E-state index is 9.80. The summed E-state index contributed by atoms with van der Waals surface area (Å²) < 4.78 is 5.11. The number of aromatic nitrogens is 1. The smallest absolute Gasteiger partial charge is 0.132 e. The first kappa shape index (κ1) is 9.93. The molecule has 0 saturated heterocycles. The lowest BCUT2D eigenvalue weighted by molar-refractivity contribution is 0.149. The molecule has 0 amide bonds. The van der Waals surface area contributed by atoms with Gasteiger partial charge in [0.25, 0.3) is 0 Å². The van der Waals surface area contributed by atoms with E-state index in [1.54, 1.807) is 24.6 Å². The third kappa shape index (κ3) is 2.44. The Morgan fingerprint density at radius 3 is 2.87 bits per heavy atom. The molecule has 2 heterocycles. The highest BCUT2D eigenvalue weighted by atomic mass is 16.4. The highest BCUT2D eigenvalue weighted by molar-refractivity contribution is 5.14. The van der Waals surface area contributed by atoms with Crippen molar-refractivity contribution in [1.82, 2.24) is 4.98 Å². The molecule has 15 heavy (non-hydrogen) atoms. The maximum Gasteiger partial charge on any atom is 0.132 e. The van der Waals surface area contributed by atoms with Gasteiger partial charge in [-0.2, -0.15) is 0 Å². The summed E-state index contributed by atoms with van der Waals surface area (Å²) >= 11 is 0. The van der Waals surface area contributed by atoms with Crippen molar-refractivity contribution in [3.8, 4) is 0 Å². The van der Waals surface area contributed by atoms with Crippen LogP contribution in [0.1, 0.15) is 23.1 Å². The molecule has 1 unspecified atom stereocenters. The van der Waals surface area contributed by atoms with Crippen LogP contribution in [0.25, 0.3) is 0 Å². The quantitative estimate of drug-likeness (QED) is 0.832. The minimum absolute atomic E-state index is 0.480. The van der Waals surface area contributed by atoms with Gasteiger partial charge in [-0.15, -0.1) is 0 Å². The molecular formula is C12H13NO2. The molecule has 0 aliphatic carbocycles. The highest BCUT2D eigenvalue weighted by Gasteiger charge is 2.11. The summed E-state index contributed by atoms with van der Waals surface area (Å²) in [5.74, 6) is 0.581. The van der Waals surface area contributed by atoms with Crippen molar-refractivity contribution in [2.24, 2.45) is 0 Å². The first-order valence-corrected chi connectivity index (χ1v) is 4.89. The molecule has 1 atom stereocenters. The lowest BCUT2D eigenvalue weighted by Crippen LogP contribution is -2.02. The molecule has 0 spiro atoms. The fourth-order valence-corrected chi connectivity index (χ4v) is 1.40. The third-order valence-corrected chi connectivity index (χ3v) is 2.25. The van der Waals surface area contributed by atoms with Crippen molar-refractivity contribution < 1.29 is 9.52 Å². The number of nitrogens with zero attached hydrogens (tertiary/aromatic N) is 1. The third-order valence-electron chi connectivity index (χ3n) is 2.25. The Morgan fingerprint density at radius 2 is 2.27 bits per heavy atom. The minimum atomic E-state index is -0.616. The van der Waals surface area contributed by atoms with Crippen LogP contribution in [0.2, 0.25) is 0 Å². The first-order chi connectivity index (χ1) is 7.25. The number of hydrogen-bond acceptors (Lipinski definition) is 3. The molecule has 3 heteroatoms. The van der Waals surface area contributed by atoms with Gasteiger partial charge in [0, 0.05) is 18.3 Å². The normalized spacial score (nSPS) is 12.7. The van der Waals surface area contributed by atoms with Crippen LogP contribution in [0.5, 0.6) is 0 Å². The van der Waals surface area contributed by atoms with Crippen molar-refractivity contribution in [3.63, 3.8) is 0 Å². The van der Waals surface area contributed by atoms with Crippen LogP contribution in [-0.4, -0.2) is 10.1 Å². The molecule has 2 rings (SSSR count). The highest BCUT2D eigenvalue weighted by Crippen LogP contribution is 2.17. The molecule has 0 fully saturated rings. The predicted molar refractivity (Wildman–Crippen MR) is 56.3 cm³/mol. The molecule has 0 aliphatic rings. The Morgan fingerprint density at radius 1 is 1.40 bits per heavy atom. The second-order valence-electron chi connectivity index (χ2n) is 3.56. The standard InChI is InChI=1S/C12H13NO2/c1-9-4-5-10(13-8-9)7-11(14)12-3-2-6-15-12/h2-6,8,11,14H,7H2,1H3. The van der Waals surface area contributed by atoms with Gasteiger partial charge in [0.15, 0.2) is 0 Å². The number of pyridine rings is 1. The summed E-state index contributed by atoms with van der Waals surface area (Å²) in [4.78, 5) is 4.23. The number of furan rings is 1. The van der Waals surface area contributed by atoms with Crippen LogP contribution in [0.4, 0.5) is 0 Å². The number of aliphatic hydroxyl groups excluding tert-OH is 1. The van der Waals surface area contributed by atoms with E-state index in [0.29, 0.717) is 12.2 Å². The van der Waals surface area contributed by atoms with Gasteiger partial charge < -0.3 is 9.52 Å². The summed E-state index contributed by atoms with van der Waals surface area (Å²) in [6.45, 7) is 1.99. The van der Waals surface area contributed by atoms with Gasteiger partial charge in [-0.1, -0.05) is 6.07 Å². The summed E-state index contributed by atoms with van der Waals surface area (Å²) in [6.07, 6.45) is 3.22. The zero-order valence-corrected chi connectivity index (χ0v) is 8.55. The van der Waals surface area contributed by atoms with Gasteiger partial charge in [0.05, 0.1) is 6.26 Å². The van der Waals surface area contributed by atoms with E-state index < -0.39 is 6.10 Å². The molecule has 0 radical (unpaired) electrons. The average Bonchev–Trinajstić information content (AvgIpc) is 2.74. The maximum atomic E-state index is 9.80. The van der Waals surface area contributed by atoms with E-state index in [2.05, 4.69) is 4.98 Å². The fourth-order valence-electron chi connectivity index (χ4n) is 1.40. The van der Waals surface area contributed by atoms with E-state index in [1.165, 1.54) is 0 Å². The van der Waals surface area contributed by atoms with Gasteiger partial charge in [-0.05, 0) is 30.7 Å². The Balaban J connectivity index is 2.06. The molecule has 2 aromatic rings. The molecule has 78 valence electrons. The molecule has 1 N–H and O–H groups in total. The summed E-state index contributed by atoms with van der Waals surface area (Å²) in [6, 6.07) is 7.43. The van der Waals surface area contributed by atoms with Gasteiger partial charge in [0.1, 0.15) is 11.9 Å². The van der Waals surface area contributed by atoms with Crippen LogP contribution >= 0.6 is 0 Å². The van der Waals surface area contributed by atoms with Crippen LogP contribution in [0.15, 0.2) is 41.1 Å².